The predicted molar refractivity (Wildman–Crippen MR) is 81.0 cm³/mol. The molecule has 1 aromatic rings. The molecule has 6 heteroatoms. The second kappa shape index (κ2) is 6.87. The SMILES string of the molecule is CC(NCC(O)c1ccc(S(C)(=O)=O)cc1)C1CCCO1. The first-order chi connectivity index (χ1) is 9.88. The molecule has 1 fully saturated rings. The van der Waals surface area contributed by atoms with Gasteiger partial charge in [-0.05, 0) is 37.5 Å². The van der Waals surface area contributed by atoms with Crippen molar-refractivity contribution in [2.75, 3.05) is 19.4 Å². The second-order valence-corrected chi connectivity index (χ2v) is 7.62. The second-order valence-electron chi connectivity index (χ2n) is 5.61. The number of hydrogen-bond acceptors (Lipinski definition) is 5. The fourth-order valence-electron chi connectivity index (χ4n) is 2.48. The van der Waals surface area contributed by atoms with E-state index in [0.29, 0.717) is 12.1 Å². The molecule has 0 aliphatic carbocycles. The van der Waals surface area contributed by atoms with Gasteiger partial charge in [-0.15, -0.1) is 0 Å². The third-order valence-electron chi connectivity index (χ3n) is 3.85. The normalized spacial score (nSPS) is 22.1. The molecule has 1 heterocycles. The minimum Gasteiger partial charge on any atom is -0.387 e. The molecule has 0 bridgehead atoms. The van der Waals surface area contributed by atoms with Crippen molar-refractivity contribution in [3.63, 3.8) is 0 Å². The van der Waals surface area contributed by atoms with Gasteiger partial charge < -0.3 is 15.2 Å². The highest BCUT2D eigenvalue weighted by Crippen LogP contribution is 2.18. The van der Waals surface area contributed by atoms with Crippen molar-refractivity contribution in [1.29, 1.82) is 0 Å². The molecule has 0 saturated carbocycles. The first-order valence-electron chi connectivity index (χ1n) is 7.21. The van der Waals surface area contributed by atoms with Crippen molar-refractivity contribution < 1.29 is 18.3 Å². The Hall–Kier alpha value is -0.950. The lowest BCUT2D eigenvalue weighted by Crippen LogP contribution is -2.39. The Morgan fingerprint density at radius 2 is 2.05 bits per heavy atom. The maximum Gasteiger partial charge on any atom is 0.175 e. The highest BCUT2D eigenvalue weighted by molar-refractivity contribution is 7.90. The Bertz CT molecular complexity index is 550. The minimum atomic E-state index is -3.20. The fraction of sp³-hybridized carbons (Fsp3) is 0.600. The maximum absolute atomic E-state index is 11.4. The fourth-order valence-corrected chi connectivity index (χ4v) is 3.11. The third kappa shape index (κ3) is 4.51. The van der Waals surface area contributed by atoms with E-state index in [0.717, 1.165) is 19.4 Å². The molecule has 2 rings (SSSR count). The summed E-state index contributed by atoms with van der Waals surface area (Å²) in [7, 11) is -3.20. The molecular formula is C15H23NO4S. The van der Waals surface area contributed by atoms with Crippen LogP contribution in [0.25, 0.3) is 0 Å². The van der Waals surface area contributed by atoms with Crippen molar-refractivity contribution >= 4 is 9.84 Å². The minimum absolute atomic E-state index is 0.192. The van der Waals surface area contributed by atoms with Gasteiger partial charge in [0.1, 0.15) is 0 Å². The van der Waals surface area contributed by atoms with Crippen LogP contribution in [-0.2, 0) is 14.6 Å². The van der Waals surface area contributed by atoms with Crippen LogP contribution < -0.4 is 5.32 Å². The lowest BCUT2D eigenvalue weighted by Gasteiger charge is -2.22. The number of nitrogens with one attached hydrogen (secondary N) is 1. The first kappa shape index (κ1) is 16.4. The topological polar surface area (TPSA) is 75.6 Å². The summed E-state index contributed by atoms with van der Waals surface area (Å²) in [5, 5.41) is 13.4. The van der Waals surface area contributed by atoms with Crippen molar-refractivity contribution in [1.82, 2.24) is 5.32 Å². The zero-order valence-corrected chi connectivity index (χ0v) is 13.3. The lowest BCUT2D eigenvalue weighted by atomic mass is 10.1. The summed E-state index contributed by atoms with van der Waals surface area (Å²) in [6.07, 6.45) is 2.86. The average Bonchev–Trinajstić information content (AvgIpc) is 2.98. The van der Waals surface area contributed by atoms with Gasteiger partial charge in [0.05, 0.1) is 17.1 Å². The van der Waals surface area contributed by atoms with E-state index in [1.165, 1.54) is 18.4 Å². The Morgan fingerprint density at radius 3 is 2.57 bits per heavy atom. The summed E-state index contributed by atoms with van der Waals surface area (Å²) in [6.45, 7) is 3.28. The van der Waals surface area contributed by atoms with Crippen molar-refractivity contribution in [2.45, 2.75) is 42.9 Å². The van der Waals surface area contributed by atoms with Crippen LogP contribution in [0.4, 0.5) is 0 Å². The number of sulfone groups is 1. The summed E-state index contributed by atoms with van der Waals surface area (Å²) in [5.74, 6) is 0. The average molecular weight is 313 g/mol. The summed E-state index contributed by atoms with van der Waals surface area (Å²) >= 11 is 0. The molecule has 1 aliphatic rings. The van der Waals surface area contributed by atoms with Gasteiger partial charge in [-0.3, -0.25) is 0 Å². The molecule has 0 aromatic heterocycles. The Labute approximate surface area is 126 Å². The molecule has 1 aliphatic heterocycles. The van der Waals surface area contributed by atoms with Gasteiger partial charge >= 0.3 is 0 Å². The van der Waals surface area contributed by atoms with Gasteiger partial charge in [0.25, 0.3) is 0 Å². The molecule has 3 atom stereocenters. The van der Waals surface area contributed by atoms with E-state index >= 15 is 0 Å². The standard InChI is InChI=1S/C15H23NO4S/c1-11(15-4-3-9-20-15)16-10-14(17)12-5-7-13(8-6-12)21(2,18)19/h5-8,11,14-17H,3-4,9-10H2,1-2H3. The Balaban J connectivity index is 1.89. The Kier molecular flexibility index (Phi) is 5.37. The number of ether oxygens (including phenoxy) is 1. The summed E-state index contributed by atoms with van der Waals surface area (Å²) < 4.78 is 28.4. The monoisotopic (exact) mass is 313 g/mol. The van der Waals surface area contributed by atoms with E-state index in [9.17, 15) is 13.5 Å². The number of rotatable bonds is 6. The van der Waals surface area contributed by atoms with Crippen LogP contribution in [0.2, 0.25) is 0 Å². The van der Waals surface area contributed by atoms with Crippen LogP contribution in [-0.4, -0.2) is 45.1 Å². The molecule has 1 saturated heterocycles. The van der Waals surface area contributed by atoms with Crippen molar-refractivity contribution in [3.8, 4) is 0 Å². The molecule has 0 spiro atoms. The van der Waals surface area contributed by atoms with E-state index in [2.05, 4.69) is 12.2 Å². The smallest absolute Gasteiger partial charge is 0.175 e. The van der Waals surface area contributed by atoms with Crippen LogP contribution in [0.1, 0.15) is 31.4 Å². The molecule has 3 unspecified atom stereocenters. The summed E-state index contributed by atoms with van der Waals surface area (Å²) in [4.78, 5) is 0.263. The molecule has 5 nitrogen and oxygen atoms in total. The van der Waals surface area contributed by atoms with Crippen LogP contribution in [0.5, 0.6) is 0 Å². The molecule has 21 heavy (non-hydrogen) atoms. The molecule has 118 valence electrons. The van der Waals surface area contributed by atoms with Gasteiger partial charge in [0.15, 0.2) is 9.84 Å². The van der Waals surface area contributed by atoms with Crippen molar-refractivity contribution in [3.05, 3.63) is 29.8 Å². The predicted octanol–water partition coefficient (Wildman–Crippen LogP) is 1.28. The third-order valence-corrected chi connectivity index (χ3v) is 4.98. The van der Waals surface area contributed by atoms with Gasteiger partial charge in [0.2, 0.25) is 0 Å². The van der Waals surface area contributed by atoms with Crippen LogP contribution >= 0.6 is 0 Å². The summed E-state index contributed by atoms with van der Waals surface area (Å²) in [5.41, 5.74) is 0.703. The molecule has 0 amide bonds. The maximum atomic E-state index is 11.4. The molecular weight excluding hydrogens is 290 g/mol. The van der Waals surface area contributed by atoms with Crippen LogP contribution in [0, 0.1) is 0 Å². The van der Waals surface area contributed by atoms with Crippen molar-refractivity contribution in [2.24, 2.45) is 0 Å². The zero-order valence-electron chi connectivity index (χ0n) is 12.5. The van der Waals surface area contributed by atoms with E-state index in [1.54, 1.807) is 12.1 Å². The Morgan fingerprint density at radius 1 is 1.38 bits per heavy atom. The van der Waals surface area contributed by atoms with Gasteiger partial charge in [0, 0.05) is 25.4 Å². The van der Waals surface area contributed by atoms with Gasteiger partial charge in [-0.25, -0.2) is 8.42 Å². The van der Waals surface area contributed by atoms with E-state index in [1.807, 2.05) is 0 Å². The molecule has 0 radical (unpaired) electrons. The quantitative estimate of drug-likeness (QED) is 0.827. The highest BCUT2D eigenvalue weighted by atomic mass is 32.2. The molecule has 2 N–H and O–H groups in total. The van der Waals surface area contributed by atoms with Crippen LogP contribution in [0.15, 0.2) is 29.2 Å². The highest BCUT2D eigenvalue weighted by Gasteiger charge is 2.22. The first-order valence-corrected chi connectivity index (χ1v) is 9.10. The number of aliphatic hydroxyl groups is 1. The number of benzene rings is 1. The summed E-state index contributed by atoms with van der Waals surface area (Å²) in [6, 6.07) is 6.55. The van der Waals surface area contributed by atoms with Crippen LogP contribution in [0.3, 0.4) is 0 Å². The van der Waals surface area contributed by atoms with Gasteiger partial charge in [-0.1, -0.05) is 12.1 Å². The largest absolute Gasteiger partial charge is 0.387 e. The molecule has 1 aromatic carbocycles. The number of aliphatic hydroxyl groups excluding tert-OH is 1. The van der Waals surface area contributed by atoms with E-state index < -0.39 is 15.9 Å². The number of hydrogen-bond donors (Lipinski definition) is 2. The van der Waals surface area contributed by atoms with E-state index in [4.69, 9.17) is 4.74 Å². The zero-order chi connectivity index (χ0) is 15.5. The lowest BCUT2D eigenvalue weighted by molar-refractivity contribution is 0.0765. The van der Waals surface area contributed by atoms with E-state index in [-0.39, 0.29) is 17.0 Å². The van der Waals surface area contributed by atoms with Gasteiger partial charge in [-0.2, -0.15) is 0 Å².